The van der Waals surface area contributed by atoms with Gasteiger partial charge in [-0.1, -0.05) is 13.8 Å². The van der Waals surface area contributed by atoms with Crippen LogP contribution in [0.1, 0.15) is 20.3 Å². The third kappa shape index (κ3) is 4.88. The second-order valence-electron chi connectivity index (χ2n) is 3.98. The normalized spacial score (nSPS) is 16.3. The minimum absolute atomic E-state index is 0.617. The highest BCUT2D eigenvalue weighted by atomic mass is 32.3. The molecule has 0 fully saturated rings. The Balaban J connectivity index is 5.10. The van der Waals surface area contributed by atoms with Crippen LogP contribution < -0.4 is 0 Å². The number of esters is 1. The van der Waals surface area contributed by atoms with E-state index in [1.807, 2.05) is 0 Å². The Hall–Kier alpha value is -0.710. The summed E-state index contributed by atoms with van der Waals surface area (Å²) in [6.45, 7) is 2.83. The van der Waals surface area contributed by atoms with Gasteiger partial charge in [-0.25, -0.2) is 0 Å². The molecule has 0 aromatic carbocycles. The van der Waals surface area contributed by atoms with Crippen LogP contribution in [0.5, 0.6) is 0 Å². The summed E-state index contributed by atoms with van der Waals surface area (Å²) in [5.41, 5.74) is 0. The van der Waals surface area contributed by atoms with E-state index in [4.69, 9.17) is 9.11 Å². The summed E-state index contributed by atoms with van der Waals surface area (Å²) >= 11 is 0. The Kier molecular flexibility index (Phi) is 5.72. The molecule has 0 radical (unpaired) electrons. The lowest BCUT2D eigenvalue weighted by Crippen LogP contribution is -2.34. The molecule has 2 N–H and O–H groups in total. The molecule has 18 heavy (non-hydrogen) atoms. The molecule has 0 rings (SSSR count). The Morgan fingerprint density at radius 1 is 1.11 bits per heavy atom. The molecule has 0 aliphatic rings. The molecular weight excluding hydrogens is 288 g/mol. The van der Waals surface area contributed by atoms with Gasteiger partial charge in [0.1, 0.15) is 0 Å². The molecule has 0 aliphatic carbocycles. The summed E-state index contributed by atoms with van der Waals surface area (Å²) in [4.78, 5) is 11.2. The van der Waals surface area contributed by atoms with Gasteiger partial charge < -0.3 is 4.74 Å². The van der Waals surface area contributed by atoms with Gasteiger partial charge in [0.2, 0.25) is 4.58 Å². The lowest BCUT2D eigenvalue weighted by molar-refractivity contribution is -0.146. The summed E-state index contributed by atoms with van der Waals surface area (Å²) in [5, 5.41) is 0. The van der Waals surface area contributed by atoms with Crippen LogP contribution in [0, 0.1) is 11.8 Å². The van der Waals surface area contributed by atoms with Crippen molar-refractivity contribution < 1.29 is 35.5 Å². The Labute approximate surface area is 106 Å². The van der Waals surface area contributed by atoms with E-state index in [1.54, 1.807) is 0 Å². The van der Waals surface area contributed by atoms with Gasteiger partial charge in [0.05, 0.1) is 13.0 Å². The summed E-state index contributed by atoms with van der Waals surface area (Å²) < 4.78 is 63.1. The van der Waals surface area contributed by atoms with Crippen molar-refractivity contribution in [2.45, 2.75) is 24.9 Å². The Morgan fingerprint density at radius 3 is 1.78 bits per heavy atom. The second kappa shape index (κ2) is 5.95. The van der Waals surface area contributed by atoms with Crippen LogP contribution in [-0.4, -0.2) is 43.6 Å². The predicted octanol–water partition coefficient (Wildman–Crippen LogP) is -0.0766. The van der Waals surface area contributed by atoms with E-state index in [1.165, 1.54) is 13.8 Å². The molecule has 0 bridgehead atoms. The first-order valence-corrected chi connectivity index (χ1v) is 7.92. The van der Waals surface area contributed by atoms with E-state index in [0.717, 1.165) is 7.11 Å². The van der Waals surface area contributed by atoms with E-state index < -0.39 is 49.0 Å². The molecule has 0 saturated heterocycles. The van der Waals surface area contributed by atoms with E-state index in [2.05, 4.69) is 4.74 Å². The Bertz CT molecular complexity index is 459. The van der Waals surface area contributed by atoms with E-state index in [0.29, 0.717) is 0 Å². The molecule has 0 aromatic heterocycles. The monoisotopic (exact) mass is 304 g/mol. The van der Waals surface area contributed by atoms with Crippen LogP contribution in [0.2, 0.25) is 0 Å². The number of rotatable bonds is 6. The fraction of sp³-hybridized carbons (Fsp3) is 0.875. The lowest BCUT2D eigenvalue weighted by atomic mass is 9.94. The van der Waals surface area contributed by atoms with Crippen LogP contribution in [-0.2, 0) is 29.8 Å². The van der Waals surface area contributed by atoms with Gasteiger partial charge in [-0.15, -0.1) is 0 Å². The highest BCUT2D eigenvalue weighted by molar-refractivity contribution is 8.03. The average Bonchev–Trinajstić information content (AvgIpc) is 2.19. The van der Waals surface area contributed by atoms with Crippen molar-refractivity contribution in [1.82, 2.24) is 0 Å². The first-order valence-electron chi connectivity index (χ1n) is 4.91. The summed E-state index contributed by atoms with van der Waals surface area (Å²) in [7, 11) is -8.81. The fourth-order valence-corrected chi connectivity index (χ4v) is 3.65. The van der Waals surface area contributed by atoms with Crippen molar-refractivity contribution in [2.24, 2.45) is 11.8 Å². The van der Waals surface area contributed by atoms with Gasteiger partial charge in [0.25, 0.3) is 20.2 Å². The number of ether oxygens (including phenoxy) is 1. The molecule has 8 nitrogen and oxygen atoms in total. The zero-order valence-corrected chi connectivity index (χ0v) is 11.7. The third-order valence-corrected chi connectivity index (χ3v) is 5.83. The van der Waals surface area contributed by atoms with Crippen molar-refractivity contribution in [1.29, 1.82) is 0 Å². The molecule has 0 heterocycles. The van der Waals surface area contributed by atoms with Gasteiger partial charge in [0.15, 0.2) is 0 Å². The van der Waals surface area contributed by atoms with Crippen molar-refractivity contribution >= 4 is 26.2 Å². The lowest BCUT2D eigenvalue weighted by Gasteiger charge is -2.20. The fourth-order valence-electron chi connectivity index (χ4n) is 1.32. The van der Waals surface area contributed by atoms with Gasteiger partial charge in [-0.05, 0) is 12.3 Å². The summed E-state index contributed by atoms with van der Waals surface area (Å²) in [6.07, 6.45) is -0.617. The van der Waals surface area contributed by atoms with Crippen molar-refractivity contribution in [3.63, 3.8) is 0 Å². The molecule has 0 saturated carbocycles. The smallest absolute Gasteiger partial charge is 0.308 e. The van der Waals surface area contributed by atoms with E-state index >= 15 is 0 Å². The summed E-state index contributed by atoms with van der Waals surface area (Å²) in [5.74, 6) is -2.15. The number of methoxy groups -OCH3 is 1. The average molecular weight is 304 g/mol. The number of hydrogen-bond acceptors (Lipinski definition) is 6. The molecule has 108 valence electrons. The molecule has 2 atom stereocenters. The van der Waals surface area contributed by atoms with Gasteiger partial charge in [0, 0.05) is 0 Å². The number of carbonyl (C=O) groups excluding carboxylic acids is 1. The molecule has 10 heteroatoms. The van der Waals surface area contributed by atoms with E-state index in [9.17, 15) is 21.6 Å². The predicted molar refractivity (Wildman–Crippen MR) is 61.8 cm³/mol. The topological polar surface area (TPSA) is 135 Å². The SMILES string of the molecule is COC(=O)C(C)C(C)CC(S(=O)(=O)O)S(=O)(=O)O. The quantitative estimate of drug-likeness (QED) is 0.514. The van der Waals surface area contributed by atoms with Crippen molar-refractivity contribution in [3.8, 4) is 0 Å². The molecule has 0 amide bonds. The number of hydrogen-bond donors (Lipinski definition) is 2. The third-order valence-electron chi connectivity index (χ3n) is 2.66. The largest absolute Gasteiger partial charge is 0.469 e. The molecule has 2 unspecified atom stereocenters. The van der Waals surface area contributed by atoms with Crippen LogP contribution in [0.3, 0.4) is 0 Å². The first kappa shape index (κ1) is 17.3. The zero-order valence-electron chi connectivity index (χ0n) is 10.1. The second-order valence-corrected chi connectivity index (χ2v) is 7.48. The van der Waals surface area contributed by atoms with E-state index in [-0.39, 0.29) is 0 Å². The maximum Gasteiger partial charge on any atom is 0.308 e. The molecule has 0 spiro atoms. The van der Waals surface area contributed by atoms with Gasteiger partial charge in [-0.2, -0.15) is 16.8 Å². The standard InChI is InChI=1S/C8H16O8S2/c1-5(6(2)8(9)16-3)4-7(17(10,11)12)18(13,14)15/h5-7H,4H2,1-3H3,(H,10,11,12)(H,13,14,15). The van der Waals surface area contributed by atoms with Crippen LogP contribution in [0.4, 0.5) is 0 Å². The highest BCUT2D eigenvalue weighted by Crippen LogP contribution is 2.23. The van der Waals surface area contributed by atoms with Crippen LogP contribution in [0.15, 0.2) is 0 Å². The van der Waals surface area contributed by atoms with Crippen LogP contribution in [0.25, 0.3) is 0 Å². The van der Waals surface area contributed by atoms with Gasteiger partial charge in [-0.3, -0.25) is 13.9 Å². The Morgan fingerprint density at radius 2 is 1.50 bits per heavy atom. The minimum atomic E-state index is -4.97. The van der Waals surface area contributed by atoms with Crippen molar-refractivity contribution in [2.75, 3.05) is 7.11 Å². The maximum atomic E-state index is 11.2. The van der Waals surface area contributed by atoms with Gasteiger partial charge >= 0.3 is 5.97 Å². The minimum Gasteiger partial charge on any atom is -0.469 e. The maximum absolute atomic E-state index is 11.2. The number of carbonyl (C=O) groups is 1. The molecular formula is C8H16O8S2. The highest BCUT2D eigenvalue weighted by Gasteiger charge is 2.38. The van der Waals surface area contributed by atoms with Crippen molar-refractivity contribution in [3.05, 3.63) is 0 Å². The first-order chi connectivity index (χ1) is 7.91. The molecule has 0 aromatic rings. The summed E-state index contributed by atoms with van der Waals surface area (Å²) in [6, 6.07) is 0. The zero-order chi connectivity index (χ0) is 14.7. The molecule has 0 aliphatic heterocycles. The van der Waals surface area contributed by atoms with Crippen LogP contribution >= 0.6 is 0 Å².